The number of H-pyrrole nitrogens is 1. The molecule has 2 heteroatoms. The average Bonchev–Trinajstić information content (AvgIpc) is 3.25. The molecule has 1 atom stereocenters. The van der Waals surface area contributed by atoms with Crippen molar-refractivity contribution in [1.29, 1.82) is 0 Å². The van der Waals surface area contributed by atoms with E-state index in [0.717, 1.165) is 0 Å². The van der Waals surface area contributed by atoms with Gasteiger partial charge >= 0.3 is 0 Å². The molecule has 132 valence electrons. The number of hydrogen-bond acceptors (Lipinski definition) is 0. The van der Waals surface area contributed by atoms with E-state index in [0.29, 0.717) is 0 Å². The summed E-state index contributed by atoms with van der Waals surface area (Å²) in [6.07, 6.45) is 4.47. The standard InChI is InChI=1S/C25H22N2/c1-17-8-7-9-18(14-17)25(21-15-26-23-12-5-3-10-19(21)23)22-16-27(2)24-13-6-4-11-20(22)24/h3-16,25-26H,1-2H3. The molecule has 0 spiro atoms. The van der Waals surface area contributed by atoms with Crippen molar-refractivity contribution in [2.45, 2.75) is 12.8 Å². The van der Waals surface area contributed by atoms with Gasteiger partial charge in [0.15, 0.2) is 0 Å². The van der Waals surface area contributed by atoms with Crippen LogP contribution in [0.2, 0.25) is 0 Å². The second-order valence-corrected chi connectivity index (χ2v) is 7.35. The van der Waals surface area contributed by atoms with E-state index in [2.05, 4.69) is 109 Å². The van der Waals surface area contributed by atoms with E-state index < -0.39 is 0 Å². The quantitative estimate of drug-likeness (QED) is 0.403. The first kappa shape index (κ1) is 16.0. The van der Waals surface area contributed by atoms with Crippen molar-refractivity contribution in [3.8, 4) is 0 Å². The smallest absolute Gasteiger partial charge is 0.0480 e. The molecular weight excluding hydrogens is 328 g/mol. The van der Waals surface area contributed by atoms with Gasteiger partial charge in [0.25, 0.3) is 0 Å². The van der Waals surface area contributed by atoms with Crippen LogP contribution >= 0.6 is 0 Å². The highest BCUT2D eigenvalue weighted by Crippen LogP contribution is 2.40. The number of fused-ring (bicyclic) bond motifs is 2. The zero-order valence-electron chi connectivity index (χ0n) is 15.6. The zero-order valence-corrected chi connectivity index (χ0v) is 15.6. The van der Waals surface area contributed by atoms with Gasteiger partial charge in [-0.1, -0.05) is 66.2 Å². The number of nitrogens with one attached hydrogen (secondary N) is 1. The van der Waals surface area contributed by atoms with Gasteiger partial charge in [-0.05, 0) is 35.7 Å². The van der Waals surface area contributed by atoms with Gasteiger partial charge in [-0.3, -0.25) is 0 Å². The third kappa shape index (κ3) is 2.57. The van der Waals surface area contributed by atoms with Crippen molar-refractivity contribution in [1.82, 2.24) is 9.55 Å². The summed E-state index contributed by atoms with van der Waals surface area (Å²) in [6, 6.07) is 26.1. The van der Waals surface area contributed by atoms with E-state index >= 15 is 0 Å². The second-order valence-electron chi connectivity index (χ2n) is 7.35. The Hall–Kier alpha value is -3.26. The molecule has 0 aliphatic rings. The van der Waals surface area contributed by atoms with Gasteiger partial charge in [0.05, 0.1) is 0 Å². The van der Waals surface area contributed by atoms with Gasteiger partial charge in [-0.25, -0.2) is 0 Å². The predicted octanol–water partition coefficient (Wildman–Crippen LogP) is 6.15. The third-order valence-corrected chi connectivity index (χ3v) is 5.55. The fourth-order valence-electron chi connectivity index (χ4n) is 4.31. The normalized spacial score (nSPS) is 12.7. The van der Waals surface area contributed by atoms with Gasteiger partial charge in [0.1, 0.15) is 0 Å². The van der Waals surface area contributed by atoms with E-state index in [1.807, 2.05) is 0 Å². The Kier molecular flexibility index (Phi) is 3.64. The van der Waals surface area contributed by atoms with E-state index in [4.69, 9.17) is 0 Å². The lowest BCUT2D eigenvalue weighted by Crippen LogP contribution is -2.03. The summed E-state index contributed by atoms with van der Waals surface area (Å²) < 4.78 is 2.24. The molecule has 2 heterocycles. The summed E-state index contributed by atoms with van der Waals surface area (Å²) in [5, 5.41) is 2.61. The molecule has 2 nitrogen and oxygen atoms in total. The highest BCUT2D eigenvalue weighted by atomic mass is 14.9. The van der Waals surface area contributed by atoms with Crippen LogP contribution in [-0.4, -0.2) is 9.55 Å². The predicted molar refractivity (Wildman–Crippen MR) is 113 cm³/mol. The van der Waals surface area contributed by atoms with E-state index in [1.165, 1.54) is 44.1 Å². The molecule has 2 aromatic heterocycles. The highest BCUT2D eigenvalue weighted by molar-refractivity contribution is 5.89. The number of hydrogen-bond donors (Lipinski definition) is 1. The number of aromatic amines is 1. The van der Waals surface area contributed by atoms with Crippen LogP contribution in [0.5, 0.6) is 0 Å². The molecule has 1 unspecified atom stereocenters. The largest absolute Gasteiger partial charge is 0.361 e. The molecule has 27 heavy (non-hydrogen) atoms. The van der Waals surface area contributed by atoms with Crippen LogP contribution in [0.4, 0.5) is 0 Å². The summed E-state index contributed by atoms with van der Waals surface area (Å²) in [5.41, 5.74) is 7.75. The Balaban J connectivity index is 1.83. The van der Waals surface area contributed by atoms with Gasteiger partial charge in [0, 0.05) is 47.2 Å². The van der Waals surface area contributed by atoms with Crippen molar-refractivity contribution >= 4 is 21.8 Å². The number of nitrogens with zero attached hydrogens (tertiary/aromatic N) is 1. The SMILES string of the molecule is Cc1cccc(C(c2c[nH]c3ccccc23)c2cn(C)c3ccccc23)c1. The van der Waals surface area contributed by atoms with E-state index in [-0.39, 0.29) is 5.92 Å². The van der Waals surface area contributed by atoms with E-state index in [1.54, 1.807) is 0 Å². The maximum atomic E-state index is 3.47. The fourth-order valence-corrected chi connectivity index (χ4v) is 4.31. The Bertz CT molecular complexity index is 1260. The average molecular weight is 350 g/mol. The molecule has 0 amide bonds. The first-order chi connectivity index (χ1) is 13.2. The number of aromatic nitrogens is 2. The zero-order chi connectivity index (χ0) is 18.4. The molecule has 5 aromatic rings. The summed E-state index contributed by atoms with van der Waals surface area (Å²) in [4.78, 5) is 3.47. The molecule has 0 bridgehead atoms. The maximum Gasteiger partial charge on any atom is 0.0480 e. The summed E-state index contributed by atoms with van der Waals surface area (Å²) >= 11 is 0. The minimum Gasteiger partial charge on any atom is -0.361 e. The fraction of sp³-hybridized carbons (Fsp3) is 0.120. The second kappa shape index (κ2) is 6.17. The Morgan fingerprint density at radius 3 is 2.44 bits per heavy atom. The van der Waals surface area contributed by atoms with Crippen LogP contribution in [0.3, 0.4) is 0 Å². The first-order valence-electron chi connectivity index (χ1n) is 9.39. The molecule has 1 N–H and O–H groups in total. The first-order valence-corrected chi connectivity index (χ1v) is 9.39. The summed E-state index contributed by atoms with van der Waals surface area (Å²) in [5.74, 6) is 0.187. The van der Waals surface area contributed by atoms with Crippen LogP contribution in [0.15, 0.2) is 85.2 Å². The van der Waals surface area contributed by atoms with Crippen LogP contribution in [-0.2, 0) is 7.05 Å². The summed E-state index contributed by atoms with van der Waals surface area (Å²) in [6.45, 7) is 2.17. The van der Waals surface area contributed by atoms with Crippen molar-refractivity contribution in [3.05, 3.63) is 107 Å². The Morgan fingerprint density at radius 1 is 0.815 bits per heavy atom. The molecular formula is C25H22N2. The van der Waals surface area contributed by atoms with Crippen LogP contribution in [0.25, 0.3) is 21.8 Å². The molecule has 0 aliphatic carbocycles. The molecule has 3 aromatic carbocycles. The van der Waals surface area contributed by atoms with Crippen molar-refractivity contribution in [2.24, 2.45) is 7.05 Å². The lowest BCUT2D eigenvalue weighted by molar-refractivity contribution is 0.930. The molecule has 0 radical (unpaired) electrons. The number of para-hydroxylation sites is 2. The van der Waals surface area contributed by atoms with Crippen molar-refractivity contribution < 1.29 is 0 Å². The molecule has 0 saturated heterocycles. The monoisotopic (exact) mass is 350 g/mol. The van der Waals surface area contributed by atoms with Crippen LogP contribution in [0, 0.1) is 6.92 Å². The highest BCUT2D eigenvalue weighted by Gasteiger charge is 2.23. The summed E-state index contributed by atoms with van der Waals surface area (Å²) in [7, 11) is 2.13. The minimum atomic E-state index is 0.187. The molecule has 0 aliphatic heterocycles. The molecule has 0 saturated carbocycles. The molecule has 0 fully saturated rings. The van der Waals surface area contributed by atoms with Crippen molar-refractivity contribution in [3.63, 3.8) is 0 Å². The Morgan fingerprint density at radius 2 is 1.59 bits per heavy atom. The maximum absolute atomic E-state index is 3.47. The Labute approximate surface area is 159 Å². The minimum absolute atomic E-state index is 0.187. The van der Waals surface area contributed by atoms with Crippen LogP contribution < -0.4 is 0 Å². The van der Waals surface area contributed by atoms with Gasteiger partial charge in [-0.15, -0.1) is 0 Å². The number of benzene rings is 3. The van der Waals surface area contributed by atoms with Gasteiger partial charge in [-0.2, -0.15) is 0 Å². The third-order valence-electron chi connectivity index (χ3n) is 5.55. The van der Waals surface area contributed by atoms with E-state index in [9.17, 15) is 0 Å². The lowest BCUT2D eigenvalue weighted by atomic mass is 9.84. The number of rotatable bonds is 3. The topological polar surface area (TPSA) is 20.7 Å². The van der Waals surface area contributed by atoms with Gasteiger partial charge < -0.3 is 9.55 Å². The van der Waals surface area contributed by atoms with Crippen molar-refractivity contribution in [2.75, 3.05) is 0 Å². The number of aryl methyl sites for hydroxylation is 2. The molecule has 5 rings (SSSR count). The van der Waals surface area contributed by atoms with Gasteiger partial charge in [0.2, 0.25) is 0 Å². The van der Waals surface area contributed by atoms with Crippen LogP contribution in [0.1, 0.15) is 28.2 Å². The lowest BCUT2D eigenvalue weighted by Gasteiger charge is -2.18.